The van der Waals surface area contributed by atoms with E-state index in [1.54, 1.807) is 11.3 Å². The Morgan fingerprint density at radius 2 is 2.33 bits per heavy atom. The van der Waals surface area contributed by atoms with Crippen molar-refractivity contribution in [2.75, 3.05) is 0 Å². The third-order valence-corrected chi connectivity index (χ3v) is 3.47. The van der Waals surface area contributed by atoms with Gasteiger partial charge in [-0.15, -0.1) is 11.3 Å². The average molecular weight is 239 g/mol. The summed E-state index contributed by atoms with van der Waals surface area (Å²) in [4.78, 5) is 2.47. The first-order valence-corrected chi connectivity index (χ1v) is 6.17. The Bertz CT molecular complexity index is 507. The zero-order chi connectivity index (χ0) is 10.8. The number of thiophene rings is 1. The third kappa shape index (κ3) is 2.03. The fourth-order valence-electron chi connectivity index (χ4n) is 1.49. The van der Waals surface area contributed by atoms with E-state index in [-0.39, 0.29) is 0 Å². The highest BCUT2D eigenvalue weighted by Gasteiger charge is 2.09. The zero-order valence-electron chi connectivity index (χ0n) is 8.78. The van der Waals surface area contributed by atoms with E-state index in [2.05, 4.69) is 40.7 Å². The molecule has 1 N–H and O–H groups in total. The minimum Gasteiger partial charge on any atom is -0.300 e. The number of hydrogen-bond acceptors (Lipinski definition) is 3. The van der Waals surface area contributed by atoms with E-state index in [0.717, 1.165) is 18.8 Å². The number of aromatic amines is 1. The van der Waals surface area contributed by atoms with E-state index in [1.807, 2.05) is 0 Å². The lowest BCUT2D eigenvalue weighted by atomic mass is 10.4. The van der Waals surface area contributed by atoms with Crippen molar-refractivity contribution >= 4 is 23.6 Å². The minimum atomic E-state index is 0.706. The summed E-state index contributed by atoms with van der Waals surface area (Å²) in [5, 5.41) is 7.13. The van der Waals surface area contributed by atoms with Crippen LogP contribution in [0.5, 0.6) is 0 Å². The number of aryl methyl sites for hydroxylation is 1. The molecule has 0 unspecified atom stereocenters. The van der Waals surface area contributed by atoms with E-state index in [4.69, 9.17) is 12.2 Å². The molecule has 5 heteroatoms. The molecule has 2 rings (SSSR count). The Labute approximate surface area is 97.8 Å². The van der Waals surface area contributed by atoms with Gasteiger partial charge in [-0.1, -0.05) is 6.92 Å². The van der Waals surface area contributed by atoms with Crippen LogP contribution in [0.25, 0.3) is 10.7 Å². The van der Waals surface area contributed by atoms with Gasteiger partial charge in [-0.2, -0.15) is 5.10 Å². The van der Waals surface area contributed by atoms with Crippen molar-refractivity contribution in [3.63, 3.8) is 0 Å². The molecule has 0 aliphatic heterocycles. The normalized spacial score (nSPS) is 10.8. The van der Waals surface area contributed by atoms with Gasteiger partial charge in [0.05, 0.1) is 4.88 Å². The number of hydrogen-bond donors (Lipinski definition) is 1. The van der Waals surface area contributed by atoms with Crippen molar-refractivity contribution in [2.24, 2.45) is 0 Å². The van der Waals surface area contributed by atoms with Crippen LogP contribution in [-0.4, -0.2) is 14.8 Å². The number of rotatable bonds is 3. The van der Waals surface area contributed by atoms with Gasteiger partial charge in [-0.3, -0.25) is 9.67 Å². The van der Waals surface area contributed by atoms with E-state index in [1.165, 1.54) is 9.75 Å². The monoisotopic (exact) mass is 239 g/mol. The molecule has 0 aromatic carbocycles. The lowest BCUT2D eigenvalue weighted by molar-refractivity contribution is 0.675. The van der Waals surface area contributed by atoms with Gasteiger partial charge in [-0.25, -0.2) is 0 Å². The predicted molar refractivity (Wildman–Crippen MR) is 65.8 cm³/mol. The molecule has 0 saturated carbocycles. The molecule has 2 aromatic heterocycles. The first-order chi connectivity index (χ1) is 7.22. The molecule has 0 atom stereocenters. The van der Waals surface area contributed by atoms with Crippen LogP contribution in [0.3, 0.4) is 0 Å². The quantitative estimate of drug-likeness (QED) is 0.833. The summed E-state index contributed by atoms with van der Waals surface area (Å²) in [6.07, 6.45) is 1.06. The largest absolute Gasteiger partial charge is 0.300 e. The summed E-state index contributed by atoms with van der Waals surface area (Å²) < 4.78 is 2.76. The summed E-state index contributed by atoms with van der Waals surface area (Å²) in [6, 6.07) is 4.20. The molecule has 0 amide bonds. The number of H-pyrrole nitrogens is 1. The van der Waals surface area contributed by atoms with Crippen LogP contribution in [0.15, 0.2) is 12.1 Å². The molecule has 0 spiro atoms. The highest BCUT2D eigenvalue weighted by molar-refractivity contribution is 7.71. The SMILES string of the molecule is CCCn1c(-c2ccc(C)s2)n[nH]c1=S. The lowest BCUT2D eigenvalue weighted by Gasteiger charge is -2.01. The predicted octanol–water partition coefficient (Wildman–Crippen LogP) is 3.39. The van der Waals surface area contributed by atoms with E-state index >= 15 is 0 Å². The molecule has 2 aromatic rings. The van der Waals surface area contributed by atoms with Gasteiger partial charge in [0.15, 0.2) is 10.6 Å². The van der Waals surface area contributed by atoms with Gasteiger partial charge in [0.2, 0.25) is 0 Å². The molecule has 0 bridgehead atoms. The van der Waals surface area contributed by atoms with E-state index in [0.29, 0.717) is 4.77 Å². The molecule has 0 saturated heterocycles. The lowest BCUT2D eigenvalue weighted by Crippen LogP contribution is -1.98. The minimum absolute atomic E-state index is 0.706. The average Bonchev–Trinajstić information content (AvgIpc) is 2.76. The van der Waals surface area contributed by atoms with Crippen LogP contribution in [-0.2, 0) is 6.54 Å². The summed E-state index contributed by atoms with van der Waals surface area (Å²) in [7, 11) is 0. The number of aromatic nitrogens is 3. The fraction of sp³-hybridized carbons (Fsp3) is 0.400. The second-order valence-corrected chi connectivity index (χ2v) is 5.09. The second kappa shape index (κ2) is 4.28. The van der Waals surface area contributed by atoms with Crippen molar-refractivity contribution in [1.29, 1.82) is 0 Å². The van der Waals surface area contributed by atoms with Gasteiger partial charge >= 0.3 is 0 Å². The van der Waals surface area contributed by atoms with E-state index < -0.39 is 0 Å². The Hall–Kier alpha value is -0.940. The summed E-state index contributed by atoms with van der Waals surface area (Å²) in [5.74, 6) is 0.958. The van der Waals surface area contributed by atoms with Crippen LogP contribution in [0.1, 0.15) is 18.2 Å². The van der Waals surface area contributed by atoms with Gasteiger partial charge in [0.1, 0.15) is 0 Å². The maximum absolute atomic E-state index is 5.19. The summed E-state index contributed by atoms with van der Waals surface area (Å²) in [5.41, 5.74) is 0. The molecule has 0 aliphatic carbocycles. The molecule has 0 radical (unpaired) electrons. The Morgan fingerprint density at radius 3 is 2.93 bits per heavy atom. The van der Waals surface area contributed by atoms with Crippen molar-refractivity contribution in [3.8, 4) is 10.7 Å². The second-order valence-electron chi connectivity index (χ2n) is 3.41. The van der Waals surface area contributed by atoms with Crippen LogP contribution in [0, 0.1) is 11.7 Å². The molecule has 2 heterocycles. The van der Waals surface area contributed by atoms with E-state index in [9.17, 15) is 0 Å². The molecular formula is C10H13N3S2. The highest BCUT2D eigenvalue weighted by Crippen LogP contribution is 2.26. The van der Waals surface area contributed by atoms with Gasteiger partial charge in [0.25, 0.3) is 0 Å². The Morgan fingerprint density at radius 1 is 1.53 bits per heavy atom. The van der Waals surface area contributed by atoms with Crippen molar-refractivity contribution in [1.82, 2.24) is 14.8 Å². The van der Waals surface area contributed by atoms with Crippen LogP contribution in [0.2, 0.25) is 0 Å². The Balaban J connectivity index is 2.48. The zero-order valence-corrected chi connectivity index (χ0v) is 10.4. The van der Waals surface area contributed by atoms with Crippen LogP contribution in [0.4, 0.5) is 0 Å². The summed E-state index contributed by atoms with van der Waals surface area (Å²) >= 11 is 6.94. The first kappa shape index (κ1) is 10.6. The molecular weight excluding hydrogens is 226 g/mol. The van der Waals surface area contributed by atoms with Gasteiger partial charge < -0.3 is 0 Å². The van der Waals surface area contributed by atoms with Gasteiger partial charge in [0, 0.05) is 11.4 Å². The van der Waals surface area contributed by atoms with Crippen molar-refractivity contribution < 1.29 is 0 Å². The number of nitrogens with zero attached hydrogens (tertiary/aromatic N) is 2. The Kier molecular flexibility index (Phi) is 3.02. The van der Waals surface area contributed by atoms with Crippen LogP contribution >= 0.6 is 23.6 Å². The maximum atomic E-state index is 5.19. The molecule has 3 nitrogen and oxygen atoms in total. The van der Waals surface area contributed by atoms with Crippen LogP contribution < -0.4 is 0 Å². The van der Waals surface area contributed by atoms with Crippen molar-refractivity contribution in [3.05, 3.63) is 21.8 Å². The first-order valence-electron chi connectivity index (χ1n) is 4.94. The summed E-state index contributed by atoms with van der Waals surface area (Å²) in [6.45, 7) is 5.15. The molecule has 0 fully saturated rings. The standard InChI is InChI=1S/C10H13N3S2/c1-3-6-13-9(11-12-10(13)14)8-5-4-7(2)15-8/h4-5H,3,6H2,1-2H3,(H,12,14). The fourth-order valence-corrected chi connectivity index (χ4v) is 2.58. The van der Waals surface area contributed by atoms with Gasteiger partial charge in [-0.05, 0) is 37.7 Å². The number of nitrogens with one attached hydrogen (secondary N) is 1. The maximum Gasteiger partial charge on any atom is 0.195 e. The highest BCUT2D eigenvalue weighted by atomic mass is 32.1. The molecule has 15 heavy (non-hydrogen) atoms. The van der Waals surface area contributed by atoms with Crippen molar-refractivity contribution in [2.45, 2.75) is 26.8 Å². The topological polar surface area (TPSA) is 33.6 Å². The third-order valence-electron chi connectivity index (χ3n) is 2.17. The molecule has 80 valence electrons. The smallest absolute Gasteiger partial charge is 0.195 e. The molecule has 0 aliphatic rings.